The molecule has 2 aromatic rings. The third-order valence-corrected chi connectivity index (χ3v) is 4.21. The van der Waals surface area contributed by atoms with E-state index < -0.39 is 0 Å². The first kappa shape index (κ1) is 14.4. The molecule has 0 saturated heterocycles. The molecule has 0 aromatic carbocycles. The van der Waals surface area contributed by atoms with E-state index in [1.165, 1.54) is 0 Å². The first-order valence-electron chi connectivity index (χ1n) is 5.87. The molecule has 0 N–H and O–H groups in total. The van der Waals surface area contributed by atoms with Gasteiger partial charge in [0.2, 0.25) is 0 Å². The summed E-state index contributed by atoms with van der Waals surface area (Å²) in [5.74, 6) is 0.0279. The molecule has 0 atom stereocenters. The molecule has 0 amide bonds. The van der Waals surface area contributed by atoms with Gasteiger partial charge in [-0.05, 0) is 44.3 Å². The Hall–Kier alpha value is -1.01. The van der Waals surface area contributed by atoms with Gasteiger partial charge in [0.1, 0.15) is 0 Å². The van der Waals surface area contributed by atoms with Crippen LogP contribution in [0.15, 0.2) is 27.4 Å². The van der Waals surface area contributed by atoms with Gasteiger partial charge in [-0.25, -0.2) is 0 Å². The molecule has 0 aliphatic rings. The highest BCUT2D eigenvalue weighted by molar-refractivity contribution is 9.10. The molecule has 2 rings (SSSR count). The Bertz CT molecular complexity index is 622. The summed E-state index contributed by atoms with van der Waals surface area (Å²) < 4.78 is 3.48. The summed E-state index contributed by atoms with van der Waals surface area (Å²) in [7, 11) is 1.85. The number of halogens is 2. The first-order chi connectivity index (χ1) is 9.02. The van der Waals surface area contributed by atoms with Crippen LogP contribution < -0.4 is 0 Å². The smallest absolute Gasteiger partial charge is 0.170 e. The molecule has 6 heteroatoms. The van der Waals surface area contributed by atoms with E-state index in [1.54, 1.807) is 23.1 Å². The van der Waals surface area contributed by atoms with Crippen LogP contribution in [0.2, 0.25) is 0 Å². The Labute approximate surface area is 128 Å². The van der Waals surface area contributed by atoms with Crippen LogP contribution in [0.5, 0.6) is 0 Å². The van der Waals surface area contributed by atoms with Gasteiger partial charge in [0.25, 0.3) is 0 Å². The molecule has 0 unspecified atom stereocenters. The van der Waals surface area contributed by atoms with Crippen molar-refractivity contribution < 1.29 is 4.79 Å². The predicted molar refractivity (Wildman–Crippen MR) is 80.3 cm³/mol. The van der Waals surface area contributed by atoms with Gasteiger partial charge < -0.3 is 0 Å². The molecule has 0 saturated carbocycles. The molecular weight excluding hydrogens is 374 g/mol. The number of carbonyl (C=O) groups excluding carboxylic acids is 1. The summed E-state index contributed by atoms with van der Waals surface area (Å²) in [4.78, 5) is 16.3. The van der Waals surface area contributed by atoms with Crippen LogP contribution in [0, 0.1) is 0 Å². The summed E-state index contributed by atoms with van der Waals surface area (Å²) in [6.45, 7) is 2.04. The Kier molecular flexibility index (Phi) is 4.52. The third kappa shape index (κ3) is 3.12. The van der Waals surface area contributed by atoms with Crippen molar-refractivity contribution in [2.24, 2.45) is 7.05 Å². The van der Waals surface area contributed by atoms with Crippen LogP contribution in [0.4, 0.5) is 0 Å². The number of rotatable bonds is 4. The highest BCUT2D eigenvalue weighted by Gasteiger charge is 2.17. The average molecular weight is 387 g/mol. The van der Waals surface area contributed by atoms with Crippen LogP contribution in [-0.4, -0.2) is 20.5 Å². The van der Waals surface area contributed by atoms with E-state index in [0.717, 1.165) is 26.8 Å². The fourth-order valence-electron chi connectivity index (χ4n) is 1.83. The van der Waals surface area contributed by atoms with Crippen LogP contribution in [0.25, 0.3) is 0 Å². The Morgan fingerprint density at radius 3 is 2.68 bits per heavy atom. The van der Waals surface area contributed by atoms with E-state index in [0.29, 0.717) is 12.0 Å². The topological polar surface area (TPSA) is 47.8 Å². The van der Waals surface area contributed by atoms with Gasteiger partial charge in [0.15, 0.2) is 5.78 Å². The monoisotopic (exact) mass is 385 g/mol. The average Bonchev–Trinajstić information content (AvgIpc) is 2.66. The van der Waals surface area contributed by atoms with E-state index in [4.69, 9.17) is 0 Å². The van der Waals surface area contributed by atoms with E-state index in [2.05, 4.69) is 41.9 Å². The van der Waals surface area contributed by atoms with Crippen LogP contribution in [-0.2, 0) is 19.9 Å². The SMILES string of the molecule is CCc1nn(C)c(CC(=O)c2cncc(Br)c2)c1Br. The molecule has 0 spiro atoms. The normalized spacial score (nSPS) is 10.7. The van der Waals surface area contributed by atoms with E-state index in [-0.39, 0.29) is 5.78 Å². The lowest BCUT2D eigenvalue weighted by Gasteiger charge is -2.03. The summed E-state index contributed by atoms with van der Waals surface area (Å²) >= 11 is 6.84. The number of pyridine rings is 1. The molecule has 2 heterocycles. The quantitative estimate of drug-likeness (QED) is 0.757. The number of ketones is 1. The largest absolute Gasteiger partial charge is 0.294 e. The summed E-state index contributed by atoms with van der Waals surface area (Å²) in [5.41, 5.74) is 2.46. The number of carbonyl (C=O) groups is 1. The summed E-state index contributed by atoms with van der Waals surface area (Å²) in [5, 5.41) is 4.39. The molecule has 0 radical (unpaired) electrons. The van der Waals surface area contributed by atoms with Crippen molar-refractivity contribution in [3.63, 3.8) is 0 Å². The second kappa shape index (κ2) is 5.96. The number of Topliss-reactive ketones (excluding diaryl/α,β-unsaturated/α-hetero) is 1. The van der Waals surface area contributed by atoms with E-state index in [9.17, 15) is 4.79 Å². The second-order valence-corrected chi connectivity index (χ2v) is 5.88. The molecule has 19 heavy (non-hydrogen) atoms. The van der Waals surface area contributed by atoms with Gasteiger partial charge in [0, 0.05) is 29.5 Å². The van der Waals surface area contributed by atoms with Crippen molar-refractivity contribution in [3.05, 3.63) is 44.4 Å². The molecule has 2 aromatic heterocycles. The molecule has 0 fully saturated rings. The van der Waals surface area contributed by atoms with Crippen LogP contribution in [0.1, 0.15) is 28.7 Å². The summed E-state index contributed by atoms with van der Waals surface area (Å²) in [6.07, 6.45) is 4.38. The number of aromatic nitrogens is 3. The zero-order valence-electron chi connectivity index (χ0n) is 10.7. The standard InChI is InChI=1S/C13H13Br2N3O/c1-3-10-13(15)11(18(2)17-10)5-12(19)8-4-9(14)7-16-6-8/h4,6-7H,3,5H2,1-2H3. The van der Waals surface area contributed by atoms with Gasteiger partial charge in [-0.2, -0.15) is 5.10 Å². The maximum atomic E-state index is 12.2. The van der Waals surface area contributed by atoms with Crippen molar-refractivity contribution in [2.45, 2.75) is 19.8 Å². The maximum Gasteiger partial charge on any atom is 0.170 e. The number of aryl methyl sites for hydroxylation is 2. The number of hydrogen-bond donors (Lipinski definition) is 0. The van der Waals surface area contributed by atoms with Gasteiger partial charge in [-0.3, -0.25) is 14.5 Å². The van der Waals surface area contributed by atoms with E-state index >= 15 is 0 Å². The third-order valence-electron chi connectivity index (χ3n) is 2.86. The molecule has 0 aliphatic heterocycles. The molecular formula is C13H13Br2N3O. The van der Waals surface area contributed by atoms with Crippen molar-refractivity contribution in [1.82, 2.24) is 14.8 Å². The molecule has 100 valence electrons. The Morgan fingerprint density at radius 1 is 1.37 bits per heavy atom. The van der Waals surface area contributed by atoms with Gasteiger partial charge in [-0.15, -0.1) is 0 Å². The molecule has 0 aliphatic carbocycles. The fraction of sp³-hybridized carbons (Fsp3) is 0.308. The van der Waals surface area contributed by atoms with Crippen molar-refractivity contribution in [1.29, 1.82) is 0 Å². The minimum atomic E-state index is 0.0279. The van der Waals surface area contributed by atoms with Crippen molar-refractivity contribution >= 4 is 37.6 Å². The van der Waals surface area contributed by atoms with Crippen LogP contribution in [0.3, 0.4) is 0 Å². The second-order valence-electron chi connectivity index (χ2n) is 4.18. The first-order valence-corrected chi connectivity index (χ1v) is 7.45. The predicted octanol–water partition coefficient (Wildman–Crippen LogP) is 3.33. The van der Waals surface area contributed by atoms with E-state index in [1.807, 2.05) is 14.0 Å². The zero-order chi connectivity index (χ0) is 14.0. The lowest BCUT2D eigenvalue weighted by atomic mass is 10.1. The Morgan fingerprint density at radius 2 is 2.11 bits per heavy atom. The highest BCUT2D eigenvalue weighted by atomic mass is 79.9. The van der Waals surface area contributed by atoms with Crippen LogP contribution >= 0.6 is 31.9 Å². The van der Waals surface area contributed by atoms with Gasteiger partial charge in [-0.1, -0.05) is 6.92 Å². The highest BCUT2D eigenvalue weighted by Crippen LogP contribution is 2.23. The zero-order valence-corrected chi connectivity index (χ0v) is 13.8. The molecule has 0 bridgehead atoms. The fourth-order valence-corrected chi connectivity index (χ4v) is 2.95. The number of hydrogen-bond acceptors (Lipinski definition) is 3. The minimum absolute atomic E-state index is 0.0279. The lowest BCUT2D eigenvalue weighted by molar-refractivity contribution is 0.0990. The van der Waals surface area contributed by atoms with Crippen molar-refractivity contribution in [2.75, 3.05) is 0 Å². The number of nitrogens with zero attached hydrogens (tertiary/aromatic N) is 3. The summed E-state index contributed by atoms with van der Waals surface area (Å²) in [6, 6.07) is 1.78. The minimum Gasteiger partial charge on any atom is -0.294 e. The molecule has 4 nitrogen and oxygen atoms in total. The lowest BCUT2D eigenvalue weighted by Crippen LogP contribution is -2.08. The van der Waals surface area contributed by atoms with Gasteiger partial charge >= 0.3 is 0 Å². The maximum absolute atomic E-state index is 12.2. The van der Waals surface area contributed by atoms with Crippen molar-refractivity contribution in [3.8, 4) is 0 Å². The van der Waals surface area contributed by atoms with Gasteiger partial charge in [0.05, 0.1) is 22.3 Å². The Balaban J connectivity index is 2.27.